The Balaban J connectivity index is 0.904. The summed E-state index contributed by atoms with van der Waals surface area (Å²) in [5.41, 5.74) is 28.4. The number of aromatic nitrogens is 2. The Morgan fingerprint density at radius 3 is 1.01 bits per heavy atom. The summed E-state index contributed by atoms with van der Waals surface area (Å²) in [7, 11) is 0. The molecule has 0 aliphatic heterocycles. The van der Waals surface area contributed by atoms with Crippen molar-refractivity contribution < 1.29 is 0 Å². The van der Waals surface area contributed by atoms with E-state index in [0.29, 0.717) is 0 Å². The predicted octanol–water partition coefficient (Wildman–Crippen LogP) is 18.2. The van der Waals surface area contributed by atoms with Gasteiger partial charge in [0.05, 0.1) is 27.6 Å². The van der Waals surface area contributed by atoms with Crippen molar-refractivity contribution in [1.29, 1.82) is 0 Å². The summed E-state index contributed by atoms with van der Waals surface area (Å²) in [6.45, 7) is 8.73. The van der Waals surface area contributed by atoms with E-state index in [2.05, 4.69) is 246 Å². The van der Waals surface area contributed by atoms with Gasteiger partial charge < -0.3 is 0 Å². The molecule has 364 valence electrons. The van der Waals surface area contributed by atoms with E-state index in [-0.39, 0.29) is 0 Å². The van der Waals surface area contributed by atoms with Gasteiger partial charge in [-0.2, -0.15) is 0 Å². The largest absolute Gasteiger partial charge is 0.254 e. The number of fused-ring (bicyclic) bond motifs is 16. The van der Waals surface area contributed by atoms with Crippen LogP contribution in [0, 0.1) is 27.7 Å². The van der Waals surface area contributed by atoms with Gasteiger partial charge in [0.1, 0.15) is 0 Å². The van der Waals surface area contributed by atoms with Gasteiger partial charge in [0, 0.05) is 31.9 Å². The minimum atomic E-state index is -0.649. The molecular formula is C73H50N2S2. The highest BCUT2D eigenvalue weighted by Gasteiger charge is 2.54. The standard InChI is InChI=1S/C73H50N2S2/c1-43-17-27-49(28-18-43)71(50-29-19-44(2)20-30-50)57-13-7-5-11-55(57)69-63(71)41-65(76-69)47-25-35-53-54-36-26-48(40-62(54)73(61(53)39-47)59-15-9-37-74-67(59)68-60(73)16-10-38-75-68)66-42-64-70(77-66)56-12-6-8-14-58(56)72(64,51-31-21-45(3)22-32-51)52-33-23-46(4)24-34-52/h5-42H,1-4H3. The molecule has 0 unspecified atom stereocenters. The molecule has 4 aliphatic rings. The van der Waals surface area contributed by atoms with Crippen LogP contribution < -0.4 is 0 Å². The van der Waals surface area contributed by atoms with Crippen LogP contribution in [0.4, 0.5) is 0 Å². The zero-order chi connectivity index (χ0) is 51.4. The number of pyridine rings is 2. The molecule has 0 amide bonds. The lowest BCUT2D eigenvalue weighted by atomic mass is 9.67. The molecule has 4 heteroatoms. The molecule has 0 saturated carbocycles. The molecule has 12 aromatic rings. The van der Waals surface area contributed by atoms with Crippen molar-refractivity contribution in [2.75, 3.05) is 0 Å². The van der Waals surface area contributed by atoms with Gasteiger partial charge in [-0.25, -0.2) is 0 Å². The number of hydrogen-bond acceptors (Lipinski definition) is 4. The van der Waals surface area contributed by atoms with Gasteiger partial charge in [-0.3, -0.25) is 9.97 Å². The first-order chi connectivity index (χ1) is 37.8. The highest BCUT2D eigenvalue weighted by Crippen LogP contribution is 2.65. The van der Waals surface area contributed by atoms with Crippen molar-refractivity contribution in [3.8, 4) is 64.3 Å². The second-order valence-corrected chi connectivity index (χ2v) is 23.9. The van der Waals surface area contributed by atoms with Gasteiger partial charge in [0.2, 0.25) is 0 Å². The van der Waals surface area contributed by atoms with Crippen LogP contribution in [0.1, 0.15) is 89.0 Å². The Bertz CT molecular complexity index is 4040. The smallest absolute Gasteiger partial charge is 0.0937 e. The van der Waals surface area contributed by atoms with Crippen molar-refractivity contribution >= 4 is 22.7 Å². The lowest BCUT2D eigenvalue weighted by Crippen LogP contribution is -2.28. The number of benzene rings is 8. The fourth-order valence-electron chi connectivity index (χ4n) is 14.3. The van der Waals surface area contributed by atoms with Crippen LogP contribution in [0.25, 0.3) is 64.3 Å². The monoisotopic (exact) mass is 1020 g/mol. The van der Waals surface area contributed by atoms with Gasteiger partial charge in [-0.15, -0.1) is 22.7 Å². The summed E-state index contributed by atoms with van der Waals surface area (Å²) in [6.07, 6.45) is 3.86. The number of nitrogens with zero attached hydrogens (tertiary/aromatic N) is 2. The van der Waals surface area contributed by atoms with Crippen molar-refractivity contribution in [3.63, 3.8) is 0 Å². The van der Waals surface area contributed by atoms with E-state index in [4.69, 9.17) is 9.97 Å². The molecule has 2 nitrogen and oxygen atoms in total. The van der Waals surface area contributed by atoms with Crippen LogP contribution in [-0.2, 0) is 16.2 Å². The minimum absolute atomic E-state index is 0.475. The third-order valence-electron chi connectivity index (χ3n) is 17.7. The molecule has 4 heterocycles. The molecule has 8 aromatic carbocycles. The van der Waals surface area contributed by atoms with Crippen molar-refractivity contribution in [2.45, 2.75) is 43.9 Å². The van der Waals surface area contributed by atoms with E-state index in [9.17, 15) is 0 Å². The van der Waals surface area contributed by atoms with E-state index >= 15 is 0 Å². The lowest BCUT2D eigenvalue weighted by Gasteiger charge is -2.33. The second kappa shape index (κ2) is 16.2. The molecule has 77 heavy (non-hydrogen) atoms. The topological polar surface area (TPSA) is 25.8 Å². The van der Waals surface area contributed by atoms with E-state index in [1.54, 1.807) is 0 Å². The summed E-state index contributed by atoms with van der Waals surface area (Å²) >= 11 is 3.86. The van der Waals surface area contributed by atoms with Gasteiger partial charge in [-0.05, 0) is 164 Å². The van der Waals surface area contributed by atoms with E-state index in [1.165, 1.54) is 142 Å². The summed E-state index contributed by atoms with van der Waals surface area (Å²) < 4.78 is 0. The quantitative estimate of drug-likeness (QED) is 0.166. The molecule has 4 aliphatic carbocycles. The van der Waals surface area contributed by atoms with Gasteiger partial charge >= 0.3 is 0 Å². The molecular weight excluding hydrogens is 969 g/mol. The molecule has 0 fully saturated rings. The molecule has 0 atom stereocenters. The zero-order valence-electron chi connectivity index (χ0n) is 43.2. The highest BCUT2D eigenvalue weighted by atomic mass is 32.1. The number of thiophene rings is 2. The van der Waals surface area contributed by atoms with Gasteiger partial charge in [0.15, 0.2) is 0 Å². The lowest BCUT2D eigenvalue weighted by molar-refractivity contribution is 0.769. The van der Waals surface area contributed by atoms with Crippen molar-refractivity contribution in [2.24, 2.45) is 0 Å². The Hall–Kier alpha value is -8.54. The van der Waals surface area contributed by atoms with E-state index in [1.807, 2.05) is 35.1 Å². The Morgan fingerprint density at radius 2 is 0.636 bits per heavy atom. The first kappa shape index (κ1) is 44.7. The predicted molar refractivity (Wildman–Crippen MR) is 319 cm³/mol. The zero-order valence-corrected chi connectivity index (χ0v) is 44.8. The highest BCUT2D eigenvalue weighted by molar-refractivity contribution is 7.19. The van der Waals surface area contributed by atoms with E-state index in [0.717, 1.165) is 11.4 Å². The normalized spacial score (nSPS) is 14.8. The first-order valence-corrected chi connectivity index (χ1v) is 28.4. The van der Waals surface area contributed by atoms with Gasteiger partial charge in [-0.1, -0.05) is 204 Å². The fraction of sp³-hybridized carbons (Fsp3) is 0.0959. The van der Waals surface area contributed by atoms with Crippen LogP contribution in [0.2, 0.25) is 0 Å². The Labute approximate surface area is 457 Å². The van der Waals surface area contributed by atoms with Crippen LogP contribution >= 0.6 is 22.7 Å². The van der Waals surface area contributed by atoms with Crippen molar-refractivity contribution in [1.82, 2.24) is 9.97 Å². The molecule has 4 aromatic heterocycles. The van der Waals surface area contributed by atoms with Gasteiger partial charge in [0.25, 0.3) is 0 Å². The number of hydrogen-bond donors (Lipinski definition) is 0. The summed E-state index contributed by atoms with van der Waals surface area (Å²) in [5.74, 6) is 0. The molecule has 0 saturated heterocycles. The Kier molecular flexibility index (Phi) is 9.43. The first-order valence-electron chi connectivity index (χ1n) is 26.8. The maximum absolute atomic E-state index is 5.15. The van der Waals surface area contributed by atoms with E-state index < -0.39 is 16.2 Å². The van der Waals surface area contributed by atoms with Crippen LogP contribution in [-0.4, -0.2) is 9.97 Å². The second-order valence-electron chi connectivity index (χ2n) is 21.8. The minimum Gasteiger partial charge on any atom is -0.254 e. The van der Waals surface area contributed by atoms with Crippen molar-refractivity contribution in [3.05, 3.63) is 320 Å². The molecule has 1 spiro atoms. The summed E-state index contributed by atoms with van der Waals surface area (Å²) in [6, 6.07) is 83.8. The summed E-state index contributed by atoms with van der Waals surface area (Å²) in [4.78, 5) is 15.5. The van der Waals surface area contributed by atoms with Crippen LogP contribution in [0.15, 0.2) is 231 Å². The fourth-order valence-corrected chi connectivity index (χ4v) is 16.8. The third-order valence-corrected chi connectivity index (χ3v) is 20.2. The average molecular weight is 1020 g/mol. The average Bonchev–Trinajstić information content (AvgIpc) is 3.72. The molecule has 0 N–H and O–H groups in total. The maximum atomic E-state index is 5.15. The molecule has 16 rings (SSSR count). The van der Waals surface area contributed by atoms with Crippen LogP contribution in [0.3, 0.4) is 0 Å². The molecule has 0 bridgehead atoms. The summed E-state index contributed by atoms with van der Waals surface area (Å²) in [5, 5.41) is 0. The number of rotatable bonds is 6. The SMILES string of the molecule is Cc1ccc(C2(c3ccc(C)cc3)c3ccccc3-c3sc(-c4ccc5c(c4)C4(c6cc(-c7cc8c(s7)-c7ccccc7C8(c7ccc(C)cc7)c7ccc(C)cc7)ccc6-5)c5cccnc5-c5ncccc54)cc32)cc1. The third kappa shape index (κ3) is 5.89. The maximum Gasteiger partial charge on any atom is 0.0937 e. The Morgan fingerprint density at radius 1 is 0.286 bits per heavy atom. The van der Waals surface area contributed by atoms with Crippen LogP contribution in [0.5, 0.6) is 0 Å². The number of aryl methyl sites for hydroxylation is 4. The molecule has 0 radical (unpaired) electrons.